The zero-order valence-corrected chi connectivity index (χ0v) is 11.1. The van der Waals surface area contributed by atoms with Crippen LogP contribution in [0.2, 0.25) is 5.02 Å². The van der Waals surface area contributed by atoms with Crippen molar-refractivity contribution in [2.75, 3.05) is 25.5 Å². The molecule has 4 nitrogen and oxygen atoms in total. The lowest BCUT2D eigenvalue weighted by molar-refractivity contribution is 0.0698. The summed E-state index contributed by atoms with van der Waals surface area (Å²) in [7, 11) is 2.09. The van der Waals surface area contributed by atoms with Gasteiger partial charge in [0.05, 0.1) is 10.7 Å². The van der Waals surface area contributed by atoms with Gasteiger partial charge in [-0.1, -0.05) is 17.7 Å². The highest BCUT2D eigenvalue weighted by molar-refractivity contribution is 6.34. The first-order valence-corrected chi connectivity index (χ1v) is 6.43. The number of rotatable bonds is 4. The monoisotopic (exact) mass is 268 g/mol. The largest absolute Gasteiger partial charge is 0.478 e. The van der Waals surface area contributed by atoms with Gasteiger partial charge in [-0.3, -0.25) is 0 Å². The number of hydrogen-bond donors (Lipinski definition) is 2. The zero-order valence-electron chi connectivity index (χ0n) is 10.3. The van der Waals surface area contributed by atoms with Gasteiger partial charge in [-0.2, -0.15) is 0 Å². The second kappa shape index (κ2) is 5.59. The fourth-order valence-electron chi connectivity index (χ4n) is 2.35. The summed E-state index contributed by atoms with van der Waals surface area (Å²) in [6.07, 6.45) is 2.34. The molecule has 18 heavy (non-hydrogen) atoms. The molecule has 1 aromatic rings. The van der Waals surface area contributed by atoms with Crippen molar-refractivity contribution in [2.45, 2.75) is 18.9 Å². The molecule has 1 fully saturated rings. The third kappa shape index (κ3) is 2.76. The van der Waals surface area contributed by atoms with Gasteiger partial charge < -0.3 is 15.3 Å². The Morgan fingerprint density at radius 1 is 1.61 bits per heavy atom. The average Bonchev–Trinajstić information content (AvgIpc) is 2.71. The maximum atomic E-state index is 11.2. The Kier molecular flexibility index (Phi) is 4.09. The van der Waals surface area contributed by atoms with E-state index >= 15 is 0 Å². The van der Waals surface area contributed by atoms with E-state index in [-0.39, 0.29) is 10.6 Å². The molecule has 1 atom stereocenters. The van der Waals surface area contributed by atoms with Crippen molar-refractivity contribution in [1.29, 1.82) is 0 Å². The van der Waals surface area contributed by atoms with Crippen LogP contribution in [0.4, 0.5) is 5.69 Å². The number of carboxylic acids is 1. The van der Waals surface area contributed by atoms with Crippen molar-refractivity contribution in [3.8, 4) is 0 Å². The molecule has 1 aliphatic rings. The Hall–Kier alpha value is -1.26. The first-order chi connectivity index (χ1) is 8.59. The zero-order chi connectivity index (χ0) is 13.1. The van der Waals surface area contributed by atoms with E-state index in [0.717, 1.165) is 19.5 Å². The highest BCUT2D eigenvalue weighted by Gasteiger charge is 2.21. The number of anilines is 1. The van der Waals surface area contributed by atoms with Gasteiger partial charge >= 0.3 is 5.97 Å². The van der Waals surface area contributed by atoms with E-state index in [0.29, 0.717) is 11.7 Å². The van der Waals surface area contributed by atoms with E-state index in [1.54, 1.807) is 18.2 Å². The van der Waals surface area contributed by atoms with Crippen LogP contribution in [0.5, 0.6) is 0 Å². The van der Waals surface area contributed by atoms with Crippen molar-refractivity contribution in [2.24, 2.45) is 0 Å². The number of likely N-dealkylation sites (N-methyl/N-ethyl adjacent to an activating group) is 1. The molecule has 2 rings (SSSR count). The summed E-state index contributed by atoms with van der Waals surface area (Å²) < 4.78 is 0. The third-order valence-corrected chi connectivity index (χ3v) is 3.74. The van der Waals surface area contributed by atoms with E-state index in [9.17, 15) is 4.79 Å². The SMILES string of the molecule is CN1CCCC1CNc1cccc(Cl)c1C(=O)O. The summed E-state index contributed by atoms with van der Waals surface area (Å²) in [5, 5.41) is 12.6. The van der Waals surface area contributed by atoms with Crippen molar-refractivity contribution >= 4 is 23.3 Å². The lowest BCUT2D eigenvalue weighted by Gasteiger charge is -2.21. The summed E-state index contributed by atoms with van der Waals surface area (Å²) >= 11 is 5.92. The molecule has 0 bridgehead atoms. The molecule has 0 radical (unpaired) electrons. The molecular formula is C13H17ClN2O2. The van der Waals surface area contributed by atoms with Crippen LogP contribution in [-0.2, 0) is 0 Å². The standard InChI is InChI=1S/C13H17ClN2O2/c1-16-7-3-4-9(16)8-15-11-6-2-5-10(14)12(11)13(17)18/h2,5-6,9,15H,3-4,7-8H2,1H3,(H,17,18). The molecule has 1 heterocycles. The highest BCUT2D eigenvalue weighted by Crippen LogP contribution is 2.25. The lowest BCUT2D eigenvalue weighted by Crippen LogP contribution is -2.31. The minimum atomic E-state index is -0.997. The van der Waals surface area contributed by atoms with E-state index in [4.69, 9.17) is 16.7 Å². The normalized spacial score (nSPS) is 20.0. The Morgan fingerprint density at radius 3 is 3.00 bits per heavy atom. The number of nitrogens with one attached hydrogen (secondary N) is 1. The molecule has 1 saturated heterocycles. The van der Waals surface area contributed by atoms with Crippen LogP contribution in [0.25, 0.3) is 0 Å². The summed E-state index contributed by atoms with van der Waals surface area (Å²) in [4.78, 5) is 13.5. The van der Waals surface area contributed by atoms with Gasteiger partial charge in [0, 0.05) is 12.6 Å². The van der Waals surface area contributed by atoms with Crippen molar-refractivity contribution in [1.82, 2.24) is 4.90 Å². The molecule has 1 unspecified atom stereocenters. The van der Waals surface area contributed by atoms with Crippen LogP contribution < -0.4 is 5.32 Å². The Labute approximate surface area is 112 Å². The minimum Gasteiger partial charge on any atom is -0.478 e. The predicted molar refractivity (Wildman–Crippen MR) is 72.6 cm³/mol. The van der Waals surface area contributed by atoms with Crippen LogP contribution in [0.1, 0.15) is 23.2 Å². The molecule has 0 saturated carbocycles. The fraction of sp³-hybridized carbons (Fsp3) is 0.462. The third-order valence-electron chi connectivity index (χ3n) is 3.43. The van der Waals surface area contributed by atoms with Gasteiger partial charge in [0.25, 0.3) is 0 Å². The number of nitrogens with zero attached hydrogens (tertiary/aromatic N) is 1. The maximum Gasteiger partial charge on any atom is 0.339 e. The molecule has 0 spiro atoms. The first-order valence-electron chi connectivity index (χ1n) is 6.05. The van der Waals surface area contributed by atoms with Gasteiger partial charge in [0.15, 0.2) is 0 Å². The van der Waals surface area contributed by atoms with E-state index in [1.807, 2.05) is 0 Å². The number of carbonyl (C=O) groups is 1. The molecule has 1 aromatic carbocycles. The van der Waals surface area contributed by atoms with Crippen LogP contribution in [-0.4, -0.2) is 42.2 Å². The lowest BCUT2D eigenvalue weighted by atomic mass is 10.1. The number of likely N-dealkylation sites (tertiary alicyclic amines) is 1. The predicted octanol–water partition coefficient (Wildman–Crippen LogP) is 2.54. The van der Waals surface area contributed by atoms with Crippen LogP contribution >= 0.6 is 11.6 Å². The quantitative estimate of drug-likeness (QED) is 0.881. The number of halogens is 1. The van der Waals surface area contributed by atoms with E-state index in [1.165, 1.54) is 6.42 Å². The van der Waals surface area contributed by atoms with E-state index < -0.39 is 5.97 Å². The number of hydrogen-bond acceptors (Lipinski definition) is 3. The minimum absolute atomic E-state index is 0.153. The summed E-state index contributed by atoms with van der Waals surface area (Å²) in [6.45, 7) is 1.85. The molecule has 5 heteroatoms. The average molecular weight is 269 g/mol. The Balaban J connectivity index is 2.09. The van der Waals surface area contributed by atoms with Crippen LogP contribution in [0.3, 0.4) is 0 Å². The molecule has 98 valence electrons. The van der Waals surface area contributed by atoms with Crippen LogP contribution in [0, 0.1) is 0 Å². The molecule has 0 aromatic heterocycles. The number of aromatic carboxylic acids is 1. The number of carboxylic acid groups (broad SMARTS) is 1. The molecule has 1 aliphatic heterocycles. The van der Waals surface area contributed by atoms with Crippen molar-refractivity contribution in [3.63, 3.8) is 0 Å². The van der Waals surface area contributed by atoms with Crippen molar-refractivity contribution < 1.29 is 9.90 Å². The second-order valence-corrected chi connectivity index (χ2v) is 5.03. The molecular weight excluding hydrogens is 252 g/mol. The smallest absolute Gasteiger partial charge is 0.339 e. The molecule has 2 N–H and O–H groups in total. The summed E-state index contributed by atoms with van der Waals surface area (Å²) in [5.74, 6) is -0.997. The van der Waals surface area contributed by atoms with Crippen LogP contribution in [0.15, 0.2) is 18.2 Å². The van der Waals surface area contributed by atoms with Gasteiger partial charge in [-0.25, -0.2) is 4.79 Å². The first kappa shape index (κ1) is 13.2. The van der Waals surface area contributed by atoms with Gasteiger partial charge in [0.1, 0.15) is 5.56 Å². The van der Waals surface area contributed by atoms with Gasteiger partial charge in [0.2, 0.25) is 0 Å². The fourth-order valence-corrected chi connectivity index (χ4v) is 2.61. The number of benzene rings is 1. The van der Waals surface area contributed by atoms with Gasteiger partial charge in [-0.05, 0) is 38.6 Å². The summed E-state index contributed by atoms with van der Waals surface area (Å²) in [5.41, 5.74) is 0.745. The van der Waals surface area contributed by atoms with E-state index in [2.05, 4.69) is 17.3 Å². The second-order valence-electron chi connectivity index (χ2n) is 4.63. The Bertz CT molecular complexity index is 451. The topological polar surface area (TPSA) is 52.6 Å². The molecule has 0 aliphatic carbocycles. The highest BCUT2D eigenvalue weighted by atomic mass is 35.5. The van der Waals surface area contributed by atoms with Gasteiger partial charge in [-0.15, -0.1) is 0 Å². The Morgan fingerprint density at radius 2 is 2.39 bits per heavy atom. The molecule has 0 amide bonds. The maximum absolute atomic E-state index is 11.2. The van der Waals surface area contributed by atoms with Crippen molar-refractivity contribution in [3.05, 3.63) is 28.8 Å². The summed E-state index contributed by atoms with van der Waals surface area (Å²) in [6, 6.07) is 5.57.